The van der Waals surface area contributed by atoms with Gasteiger partial charge in [-0.05, 0) is 12.5 Å². The van der Waals surface area contributed by atoms with Crippen molar-refractivity contribution in [2.45, 2.75) is 32.7 Å². The van der Waals surface area contributed by atoms with Crippen LogP contribution in [0.15, 0.2) is 60.0 Å². The average molecular weight is 408 g/mol. The molecule has 1 aromatic heterocycles. The monoisotopic (exact) mass is 407 g/mol. The predicted molar refractivity (Wildman–Crippen MR) is 117 cm³/mol. The third kappa shape index (κ3) is 6.26. The zero-order valence-electron chi connectivity index (χ0n) is 16.6. The van der Waals surface area contributed by atoms with Crippen LogP contribution in [0.3, 0.4) is 0 Å². The SMILES string of the molecule is CC(=O)NC(CC(=O)NCCc1csc(-c2ccc(C)cc2)n1)c1ccccc1. The van der Waals surface area contributed by atoms with Gasteiger partial charge in [0, 0.05) is 30.8 Å². The molecule has 0 aliphatic carbocycles. The quantitative estimate of drug-likeness (QED) is 0.592. The first-order valence-corrected chi connectivity index (χ1v) is 10.5. The van der Waals surface area contributed by atoms with Gasteiger partial charge in [0.25, 0.3) is 0 Å². The maximum absolute atomic E-state index is 12.4. The van der Waals surface area contributed by atoms with Crippen LogP contribution in [0.5, 0.6) is 0 Å². The Bertz CT molecular complexity index is 952. The van der Waals surface area contributed by atoms with Crippen molar-refractivity contribution in [1.82, 2.24) is 15.6 Å². The molecule has 0 radical (unpaired) electrons. The topological polar surface area (TPSA) is 71.1 Å². The molecule has 1 heterocycles. The van der Waals surface area contributed by atoms with E-state index in [0.717, 1.165) is 21.8 Å². The van der Waals surface area contributed by atoms with E-state index in [0.29, 0.717) is 13.0 Å². The van der Waals surface area contributed by atoms with E-state index in [1.165, 1.54) is 12.5 Å². The van der Waals surface area contributed by atoms with Crippen LogP contribution in [0.2, 0.25) is 0 Å². The second kappa shape index (κ2) is 9.98. The van der Waals surface area contributed by atoms with Crippen molar-refractivity contribution in [3.63, 3.8) is 0 Å². The van der Waals surface area contributed by atoms with Crippen molar-refractivity contribution >= 4 is 23.2 Å². The normalized spacial score (nSPS) is 11.7. The van der Waals surface area contributed by atoms with Gasteiger partial charge in [0.15, 0.2) is 0 Å². The molecule has 0 bridgehead atoms. The van der Waals surface area contributed by atoms with Crippen molar-refractivity contribution in [2.75, 3.05) is 6.54 Å². The van der Waals surface area contributed by atoms with Crippen molar-refractivity contribution in [2.24, 2.45) is 0 Å². The summed E-state index contributed by atoms with van der Waals surface area (Å²) in [5.74, 6) is -0.251. The minimum absolute atomic E-state index is 0.0957. The molecule has 1 atom stereocenters. The van der Waals surface area contributed by atoms with E-state index in [1.54, 1.807) is 11.3 Å². The summed E-state index contributed by atoms with van der Waals surface area (Å²) in [6, 6.07) is 17.5. The fourth-order valence-corrected chi connectivity index (χ4v) is 3.88. The highest BCUT2D eigenvalue weighted by Gasteiger charge is 2.16. The van der Waals surface area contributed by atoms with Crippen molar-refractivity contribution in [3.8, 4) is 10.6 Å². The summed E-state index contributed by atoms with van der Waals surface area (Å²) in [4.78, 5) is 28.5. The molecule has 0 saturated heterocycles. The Balaban J connectivity index is 1.51. The number of thiazole rings is 1. The molecule has 0 saturated carbocycles. The van der Waals surface area contributed by atoms with Gasteiger partial charge in [-0.15, -0.1) is 11.3 Å². The van der Waals surface area contributed by atoms with Crippen LogP contribution in [0.25, 0.3) is 10.6 Å². The molecule has 0 fully saturated rings. The van der Waals surface area contributed by atoms with Crippen molar-refractivity contribution < 1.29 is 9.59 Å². The molecule has 2 N–H and O–H groups in total. The number of amides is 2. The number of rotatable bonds is 8. The molecule has 29 heavy (non-hydrogen) atoms. The lowest BCUT2D eigenvalue weighted by Gasteiger charge is -2.18. The van der Waals surface area contributed by atoms with Gasteiger partial charge in [0.2, 0.25) is 11.8 Å². The van der Waals surface area contributed by atoms with E-state index < -0.39 is 0 Å². The lowest BCUT2D eigenvalue weighted by atomic mass is 10.0. The Morgan fingerprint density at radius 3 is 2.48 bits per heavy atom. The van der Waals surface area contributed by atoms with Gasteiger partial charge >= 0.3 is 0 Å². The molecule has 5 nitrogen and oxygen atoms in total. The van der Waals surface area contributed by atoms with Crippen molar-refractivity contribution in [3.05, 3.63) is 76.8 Å². The van der Waals surface area contributed by atoms with Crippen molar-refractivity contribution in [1.29, 1.82) is 0 Å². The van der Waals surface area contributed by atoms with E-state index >= 15 is 0 Å². The van der Waals surface area contributed by atoms with Gasteiger partial charge in [-0.25, -0.2) is 4.98 Å². The summed E-state index contributed by atoms with van der Waals surface area (Å²) in [5, 5.41) is 8.81. The minimum atomic E-state index is -0.332. The van der Waals surface area contributed by atoms with Crippen LogP contribution in [0.4, 0.5) is 0 Å². The largest absolute Gasteiger partial charge is 0.356 e. The van der Waals surface area contributed by atoms with E-state index in [4.69, 9.17) is 0 Å². The molecule has 6 heteroatoms. The minimum Gasteiger partial charge on any atom is -0.356 e. The first-order valence-electron chi connectivity index (χ1n) is 9.61. The second-order valence-electron chi connectivity index (χ2n) is 6.98. The molecule has 2 amide bonds. The molecular formula is C23H25N3O2S. The van der Waals surface area contributed by atoms with Crippen LogP contribution < -0.4 is 10.6 Å². The molecule has 3 rings (SSSR count). The Kier molecular flexibility index (Phi) is 7.14. The van der Waals surface area contributed by atoms with E-state index in [9.17, 15) is 9.59 Å². The Morgan fingerprint density at radius 1 is 1.07 bits per heavy atom. The lowest BCUT2D eigenvalue weighted by molar-refractivity contribution is -0.122. The van der Waals surface area contributed by atoms with Gasteiger partial charge in [0.1, 0.15) is 5.01 Å². The zero-order chi connectivity index (χ0) is 20.6. The number of carbonyl (C=O) groups excluding carboxylic acids is 2. The summed E-state index contributed by atoms with van der Waals surface area (Å²) in [6.45, 7) is 4.03. The highest BCUT2D eigenvalue weighted by atomic mass is 32.1. The van der Waals surface area contributed by atoms with Gasteiger partial charge < -0.3 is 10.6 Å². The predicted octanol–water partition coefficient (Wildman–Crippen LogP) is 4.04. The number of aromatic nitrogens is 1. The van der Waals surface area contributed by atoms with E-state index in [-0.39, 0.29) is 24.3 Å². The van der Waals surface area contributed by atoms with Crippen LogP contribution in [0.1, 0.15) is 36.2 Å². The maximum Gasteiger partial charge on any atom is 0.222 e. The third-order valence-electron chi connectivity index (χ3n) is 4.52. The highest BCUT2D eigenvalue weighted by molar-refractivity contribution is 7.13. The first kappa shape index (κ1) is 20.7. The second-order valence-corrected chi connectivity index (χ2v) is 7.84. The van der Waals surface area contributed by atoms with Gasteiger partial charge in [-0.2, -0.15) is 0 Å². The summed E-state index contributed by atoms with van der Waals surface area (Å²) in [7, 11) is 0. The van der Waals surface area contributed by atoms with E-state index in [1.807, 2.05) is 35.7 Å². The van der Waals surface area contributed by atoms with Gasteiger partial charge in [0.05, 0.1) is 18.2 Å². The van der Waals surface area contributed by atoms with E-state index in [2.05, 4.69) is 46.8 Å². The van der Waals surface area contributed by atoms with Gasteiger partial charge in [-0.1, -0.05) is 60.2 Å². The zero-order valence-corrected chi connectivity index (χ0v) is 17.5. The molecule has 3 aromatic rings. The number of hydrogen-bond donors (Lipinski definition) is 2. The summed E-state index contributed by atoms with van der Waals surface area (Å²) in [5.41, 5.74) is 4.21. The Morgan fingerprint density at radius 2 is 1.79 bits per heavy atom. The van der Waals surface area contributed by atoms with Crippen LogP contribution >= 0.6 is 11.3 Å². The molecule has 150 valence electrons. The molecule has 2 aromatic carbocycles. The van der Waals surface area contributed by atoms with Crippen LogP contribution in [0, 0.1) is 6.92 Å². The third-order valence-corrected chi connectivity index (χ3v) is 5.46. The van der Waals surface area contributed by atoms with Crippen LogP contribution in [-0.2, 0) is 16.0 Å². The number of benzene rings is 2. The molecule has 0 aliphatic heterocycles. The highest BCUT2D eigenvalue weighted by Crippen LogP contribution is 2.24. The standard InChI is InChI=1S/C23H25N3O2S/c1-16-8-10-19(11-9-16)23-26-20(15-29-23)12-13-24-22(28)14-21(25-17(2)27)18-6-4-3-5-7-18/h3-11,15,21H,12-14H2,1-2H3,(H,24,28)(H,25,27). The Labute approximate surface area is 175 Å². The molecular weight excluding hydrogens is 382 g/mol. The average Bonchev–Trinajstić information content (AvgIpc) is 3.17. The number of nitrogens with one attached hydrogen (secondary N) is 2. The molecule has 0 spiro atoms. The summed E-state index contributed by atoms with van der Waals surface area (Å²) in [6.07, 6.45) is 0.875. The summed E-state index contributed by atoms with van der Waals surface area (Å²) < 4.78 is 0. The number of carbonyl (C=O) groups is 2. The molecule has 1 unspecified atom stereocenters. The number of hydrogen-bond acceptors (Lipinski definition) is 4. The Hall–Kier alpha value is -2.99. The van der Waals surface area contributed by atoms with Gasteiger partial charge in [-0.3, -0.25) is 9.59 Å². The fourth-order valence-electron chi connectivity index (χ4n) is 3.02. The fraction of sp³-hybridized carbons (Fsp3) is 0.261. The lowest BCUT2D eigenvalue weighted by Crippen LogP contribution is -2.33. The summed E-state index contributed by atoms with van der Waals surface area (Å²) >= 11 is 1.61. The number of nitrogens with zero attached hydrogens (tertiary/aromatic N) is 1. The van der Waals surface area contributed by atoms with Crippen LogP contribution in [-0.4, -0.2) is 23.3 Å². The maximum atomic E-state index is 12.4. The number of aryl methyl sites for hydroxylation is 1. The first-order chi connectivity index (χ1) is 14.0. The molecule has 0 aliphatic rings. The smallest absolute Gasteiger partial charge is 0.222 e.